The third kappa shape index (κ3) is 3.58. The number of alkyl halides is 2. The van der Waals surface area contributed by atoms with Crippen molar-refractivity contribution in [2.24, 2.45) is 0 Å². The molecule has 138 valence electrons. The molecule has 0 spiro atoms. The summed E-state index contributed by atoms with van der Waals surface area (Å²) in [5.41, 5.74) is 4.78. The Morgan fingerprint density at radius 1 is 0.536 bits per heavy atom. The summed E-state index contributed by atoms with van der Waals surface area (Å²) in [5, 5.41) is 4.91. The summed E-state index contributed by atoms with van der Waals surface area (Å²) >= 11 is 11.9. The number of hydrogen-bond acceptors (Lipinski definition) is 0. The van der Waals surface area contributed by atoms with Gasteiger partial charge in [0.05, 0.1) is 0 Å². The van der Waals surface area contributed by atoms with Gasteiger partial charge in [-0.05, 0) is 43.8 Å². The Hall–Kier alpha value is -2.54. The lowest BCUT2D eigenvalue weighted by molar-refractivity contribution is 1.62. The summed E-state index contributed by atoms with van der Waals surface area (Å²) in [6, 6.07) is 25.8. The van der Waals surface area contributed by atoms with E-state index in [2.05, 4.69) is 84.9 Å². The lowest BCUT2D eigenvalue weighted by Gasteiger charge is -2.17. The van der Waals surface area contributed by atoms with Crippen LogP contribution in [0.2, 0.25) is 0 Å². The fourth-order valence-electron chi connectivity index (χ4n) is 3.76. The second-order valence-electron chi connectivity index (χ2n) is 6.62. The van der Waals surface area contributed by atoms with Gasteiger partial charge in [0.2, 0.25) is 0 Å². The molecule has 0 bridgehead atoms. The summed E-state index contributed by atoms with van der Waals surface area (Å²) in [5.74, 6) is 0.974. The molecule has 0 saturated heterocycles. The first-order chi connectivity index (χ1) is 13.8. The highest BCUT2D eigenvalue weighted by molar-refractivity contribution is 6.19. The summed E-state index contributed by atoms with van der Waals surface area (Å²) in [4.78, 5) is 0. The van der Waals surface area contributed by atoms with Crippen molar-refractivity contribution in [1.82, 2.24) is 0 Å². The number of rotatable bonds is 5. The zero-order valence-electron chi connectivity index (χ0n) is 15.4. The van der Waals surface area contributed by atoms with Crippen LogP contribution in [0.4, 0.5) is 0 Å². The lowest BCUT2D eigenvalue weighted by Crippen LogP contribution is -1.92. The second-order valence-corrected chi connectivity index (χ2v) is 7.23. The molecular weight excluding hydrogens is 383 g/mol. The van der Waals surface area contributed by atoms with Crippen molar-refractivity contribution in [2.45, 2.75) is 0 Å². The third-order valence-corrected chi connectivity index (χ3v) is 5.30. The summed E-state index contributed by atoms with van der Waals surface area (Å²) in [6.45, 7) is 0. The fourth-order valence-corrected chi connectivity index (χ4v) is 3.93. The van der Waals surface area contributed by atoms with E-state index in [-0.39, 0.29) is 0 Å². The molecule has 0 aromatic heterocycles. The van der Waals surface area contributed by atoms with Crippen LogP contribution >= 0.6 is 23.2 Å². The zero-order chi connectivity index (χ0) is 19.3. The monoisotopic (exact) mass is 402 g/mol. The fraction of sp³-hybridized carbons (Fsp3) is 0.0769. The van der Waals surface area contributed by atoms with Gasteiger partial charge in [0, 0.05) is 11.8 Å². The van der Waals surface area contributed by atoms with Gasteiger partial charge in [0.1, 0.15) is 0 Å². The maximum absolute atomic E-state index is 5.95. The van der Waals surface area contributed by atoms with E-state index in [4.69, 9.17) is 23.2 Å². The minimum Gasteiger partial charge on any atom is -0.122 e. The molecule has 0 unspecified atom stereocenters. The Kier molecular flexibility index (Phi) is 5.81. The van der Waals surface area contributed by atoms with Crippen molar-refractivity contribution in [2.75, 3.05) is 11.8 Å². The van der Waals surface area contributed by atoms with Crippen molar-refractivity contribution in [1.29, 1.82) is 0 Å². The molecule has 0 N–H and O–H groups in total. The van der Waals surface area contributed by atoms with Crippen LogP contribution in [0.25, 0.3) is 44.8 Å². The van der Waals surface area contributed by atoms with Crippen LogP contribution in [-0.4, -0.2) is 11.8 Å². The highest BCUT2D eigenvalue weighted by Gasteiger charge is 2.14. The van der Waals surface area contributed by atoms with Crippen LogP contribution in [0.5, 0.6) is 0 Å². The molecule has 2 heteroatoms. The Bertz CT molecular complexity index is 1090. The minimum absolute atomic E-state index is 0.487. The van der Waals surface area contributed by atoms with Crippen LogP contribution in [0, 0.1) is 0 Å². The number of benzene rings is 4. The first kappa shape index (κ1) is 18.8. The zero-order valence-corrected chi connectivity index (χ0v) is 16.9. The maximum Gasteiger partial charge on any atom is 0.0407 e. The Labute approximate surface area is 175 Å². The largest absolute Gasteiger partial charge is 0.122 e. The first-order valence-corrected chi connectivity index (χ1v) is 10.4. The predicted octanol–water partition coefficient (Wildman–Crippen LogP) is 8.16. The van der Waals surface area contributed by atoms with Gasteiger partial charge in [-0.1, -0.05) is 97.1 Å². The molecule has 0 heterocycles. The molecule has 0 aliphatic heterocycles. The van der Waals surface area contributed by atoms with E-state index in [1.54, 1.807) is 0 Å². The summed E-state index contributed by atoms with van der Waals surface area (Å²) in [6.07, 6.45) is 8.22. The Morgan fingerprint density at radius 3 is 1.39 bits per heavy atom. The van der Waals surface area contributed by atoms with E-state index in [0.29, 0.717) is 11.8 Å². The highest BCUT2D eigenvalue weighted by Crippen LogP contribution is 2.40. The molecule has 4 aromatic carbocycles. The quantitative estimate of drug-likeness (QED) is 0.295. The SMILES string of the molecule is ClC/C=C/c1ccc2ccccc2c1-c1c(/C=C/CCl)ccc2ccccc12. The molecule has 0 aliphatic rings. The van der Waals surface area contributed by atoms with Crippen LogP contribution in [0.3, 0.4) is 0 Å². The van der Waals surface area contributed by atoms with Crippen LogP contribution < -0.4 is 0 Å². The van der Waals surface area contributed by atoms with Gasteiger partial charge in [0.15, 0.2) is 0 Å². The molecule has 28 heavy (non-hydrogen) atoms. The van der Waals surface area contributed by atoms with Crippen molar-refractivity contribution >= 4 is 56.9 Å². The molecule has 0 fully saturated rings. The van der Waals surface area contributed by atoms with E-state index in [1.807, 2.05) is 12.2 Å². The molecule has 0 amide bonds. The average Bonchev–Trinajstić information content (AvgIpc) is 2.75. The smallest absolute Gasteiger partial charge is 0.0407 e. The number of hydrogen-bond donors (Lipinski definition) is 0. The van der Waals surface area contributed by atoms with Gasteiger partial charge in [-0.2, -0.15) is 0 Å². The van der Waals surface area contributed by atoms with E-state index in [1.165, 1.54) is 32.7 Å². The topological polar surface area (TPSA) is 0 Å². The van der Waals surface area contributed by atoms with Gasteiger partial charge < -0.3 is 0 Å². The third-order valence-electron chi connectivity index (χ3n) is 4.95. The molecule has 0 radical (unpaired) electrons. The van der Waals surface area contributed by atoms with Crippen molar-refractivity contribution in [3.63, 3.8) is 0 Å². The number of fused-ring (bicyclic) bond motifs is 2. The molecule has 0 atom stereocenters. The molecular formula is C26H20Cl2. The minimum atomic E-state index is 0.487. The van der Waals surface area contributed by atoms with E-state index < -0.39 is 0 Å². The Morgan fingerprint density at radius 2 is 0.964 bits per heavy atom. The average molecular weight is 403 g/mol. The summed E-state index contributed by atoms with van der Waals surface area (Å²) < 4.78 is 0. The van der Waals surface area contributed by atoms with Gasteiger partial charge in [0.25, 0.3) is 0 Å². The van der Waals surface area contributed by atoms with Crippen molar-refractivity contribution in [3.05, 3.63) is 96.1 Å². The van der Waals surface area contributed by atoms with Gasteiger partial charge in [-0.15, -0.1) is 23.2 Å². The van der Waals surface area contributed by atoms with Gasteiger partial charge in [-0.3, -0.25) is 0 Å². The van der Waals surface area contributed by atoms with Crippen LogP contribution in [0.1, 0.15) is 11.1 Å². The highest BCUT2D eigenvalue weighted by atomic mass is 35.5. The van der Waals surface area contributed by atoms with Crippen molar-refractivity contribution in [3.8, 4) is 11.1 Å². The predicted molar refractivity (Wildman–Crippen MR) is 126 cm³/mol. The normalized spacial score (nSPS) is 11.9. The molecule has 4 aromatic rings. The number of halogens is 2. The van der Waals surface area contributed by atoms with Gasteiger partial charge in [-0.25, -0.2) is 0 Å². The maximum atomic E-state index is 5.95. The molecule has 0 aliphatic carbocycles. The molecule has 4 rings (SSSR count). The molecule has 0 saturated carbocycles. The van der Waals surface area contributed by atoms with Crippen molar-refractivity contribution < 1.29 is 0 Å². The standard InChI is InChI=1S/C26H20Cl2/c27-17-5-9-21-15-13-19-7-1-3-11-23(19)25(21)26-22(10-6-18-28)16-14-20-8-2-4-12-24(20)26/h1-16H,17-18H2/b9-5+,10-6+. The first-order valence-electron chi connectivity index (χ1n) is 9.32. The van der Waals surface area contributed by atoms with Crippen LogP contribution in [0.15, 0.2) is 84.9 Å². The Balaban J connectivity index is 2.16. The second kappa shape index (κ2) is 8.65. The van der Waals surface area contributed by atoms with E-state index in [0.717, 1.165) is 11.1 Å². The number of allylic oxidation sites excluding steroid dienone is 2. The summed E-state index contributed by atoms with van der Waals surface area (Å²) in [7, 11) is 0. The molecule has 0 nitrogen and oxygen atoms in total. The van der Waals surface area contributed by atoms with Gasteiger partial charge >= 0.3 is 0 Å². The van der Waals surface area contributed by atoms with E-state index >= 15 is 0 Å². The van der Waals surface area contributed by atoms with E-state index in [9.17, 15) is 0 Å². The van der Waals surface area contributed by atoms with Crippen LogP contribution in [-0.2, 0) is 0 Å². The lowest BCUT2D eigenvalue weighted by atomic mass is 9.87.